The van der Waals surface area contributed by atoms with Gasteiger partial charge in [-0.05, 0) is 31.4 Å². The van der Waals surface area contributed by atoms with Gasteiger partial charge < -0.3 is 20.5 Å². The van der Waals surface area contributed by atoms with Gasteiger partial charge in [0.1, 0.15) is 6.04 Å². The third-order valence-electron chi connectivity index (χ3n) is 3.72. The highest BCUT2D eigenvalue weighted by molar-refractivity contribution is 5.94. The van der Waals surface area contributed by atoms with Crippen molar-refractivity contribution in [1.29, 1.82) is 0 Å². The molecule has 3 N–H and O–H groups in total. The number of carbonyl (C=O) groups excluding carboxylic acids is 1. The molecule has 6 nitrogen and oxygen atoms in total. The number of aryl methyl sites for hydroxylation is 1. The molecule has 2 atom stereocenters. The number of benzene rings is 1. The molecule has 2 rings (SSSR count). The molecule has 0 bridgehead atoms. The molecule has 1 aromatic carbocycles. The summed E-state index contributed by atoms with van der Waals surface area (Å²) in [6.45, 7) is 3.06. The number of carbonyl (C=O) groups is 2. The average molecular weight is 306 g/mol. The second-order valence-corrected chi connectivity index (χ2v) is 5.50. The summed E-state index contributed by atoms with van der Waals surface area (Å²) in [6, 6.07) is 6.48. The standard InChI is InChI=1S/C16H22N2O4/c1-11-5-2-3-7-13(11)18-15(19)9-14(16(20)21)17-10-12-6-4-8-22-12/h2-3,5,7,12,14,17H,4,6,8-10H2,1H3,(H,18,19)(H,20,21). The van der Waals surface area contributed by atoms with Gasteiger partial charge in [0.25, 0.3) is 0 Å². The maximum absolute atomic E-state index is 12.0. The molecule has 1 fully saturated rings. The second-order valence-electron chi connectivity index (χ2n) is 5.50. The van der Waals surface area contributed by atoms with E-state index in [0.29, 0.717) is 12.2 Å². The van der Waals surface area contributed by atoms with Gasteiger partial charge in [-0.2, -0.15) is 0 Å². The Kier molecular flexibility index (Phi) is 5.91. The number of anilines is 1. The predicted molar refractivity (Wildman–Crippen MR) is 82.8 cm³/mol. The van der Waals surface area contributed by atoms with Gasteiger partial charge in [0, 0.05) is 18.8 Å². The molecule has 1 aliphatic rings. The van der Waals surface area contributed by atoms with Gasteiger partial charge in [0.15, 0.2) is 0 Å². The summed E-state index contributed by atoms with van der Waals surface area (Å²) in [5.41, 5.74) is 1.64. The van der Waals surface area contributed by atoms with Gasteiger partial charge in [0.2, 0.25) is 5.91 Å². The van der Waals surface area contributed by atoms with Crippen LogP contribution in [-0.4, -0.2) is 42.3 Å². The van der Waals surface area contributed by atoms with Gasteiger partial charge in [-0.1, -0.05) is 18.2 Å². The minimum atomic E-state index is -1.03. The normalized spacial score (nSPS) is 18.9. The molecule has 0 aliphatic carbocycles. The van der Waals surface area contributed by atoms with Gasteiger partial charge in [0.05, 0.1) is 12.5 Å². The van der Waals surface area contributed by atoms with Gasteiger partial charge in [-0.3, -0.25) is 9.59 Å². The number of rotatable bonds is 7. The Morgan fingerprint density at radius 3 is 2.82 bits per heavy atom. The first-order valence-corrected chi connectivity index (χ1v) is 7.49. The van der Waals surface area contributed by atoms with Gasteiger partial charge >= 0.3 is 5.97 Å². The van der Waals surface area contributed by atoms with E-state index in [0.717, 1.165) is 25.0 Å². The minimum Gasteiger partial charge on any atom is -0.480 e. The van der Waals surface area contributed by atoms with Crippen molar-refractivity contribution < 1.29 is 19.4 Å². The van der Waals surface area contributed by atoms with Gasteiger partial charge in [-0.15, -0.1) is 0 Å². The van der Waals surface area contributed by atoms with Crippen molar-refractivity contribution in [2.24, 2.45) is 0 Å². The maximum atomic E-state index is 12.0. The lowest BCUT2D eigenvalue weighted by molar-refractivity contribution is -0.141. The van der Waals surface area contributed by atoms with E-state index in [2.05, 4.69) is 10.6 Å². The SMILES string of the molecule is Cc1ccccc1NC(=O)CC(NCC1CCCO1)C(=O)O. The van der Waals surface area contributed by atoms with Crippen molar-refractivity contribution in [3.8, 4) is 0 Å². The average Bonchev–Trinajstić information content (AvgIpc) is 2.99. The number of para-hydroxylation sites is 1. The third kappa shape index (κ3) is 4.82. The summed E-state index contributed by atoms with van der Waals surface area (Å²) in [6.07, 6.45) is 1.85. The predicted octanol–water partition coefficient (Wildman–Crippen LogP) is 1.55. The van der Waals surface area contributed by atoms with Crippen LogP contribution in [0.15, 0.2) is 24.3 Å². The van der Waals surface area contributed by atoms with E-state index >= 15 is 0 Å². The van der Waals surface area contributed by atoms with Crippen molar-refractivity contribution in [3.63, 3.8) is 0 Å². The molecule has 1 heterocycles. The Bertz CT molecular complexity index is 527. The number of ether oxygens (including phenoxy) is 1. The highest BCUT2D eigenvalue weighted by atomic mass is 16.5. The van der Waals surface area contributed by atoms with Crippen LogP contribution >= 0.6 is 0 Å². The first kappa shape index (κ1) is 16.5. The highest BCUT2D eigenvalue weighted by Crippen LogP contribution is 2.14. The number of hydrogen-bond donors (Lipinski definition) is 3. The van der Waals surface area contributed by atoms with Crippen molar-refractivity contribution in [1.82, 2.24) is 5.32 Å². The summed E-state index contributed by atoms with van der Waals surface area (Å²) >= 11 is 0. The molecule has 2 unspecified atom stereocenters. The first-order valence-electron chi connectivity index (χ1n) is 7.49. The zero-order valence-electron chi connectivity index (χ0n) is 12.7. The van der Waals surface area contributed by atoms with Crippen molar-refractivity contribution in [2.45, 2.75) is 38.3 Å². The topological polar surface area (TPSA) is 87.7 Å². The van der Waals surface area contributed by atoms with Crippen molar-refractivity contribution in [3.05, 3.63) is 29.8 Å². The molecular formula is C16H22N2O4. The molecule has 1 saturated heterocycles. The van der Waals surface area contributed by atoms with Crippen LogP contribution in [0.25, 0.3) is 0 Å². The quantitative estimate of drug-likeness (QED) is 0.711. The van der Waals surface area contributed by atoms with E-state index in [1.165, 1.54) is 0 Å². The highest BCUT2D eigenvalue weighted by Gasteiger charge is 2.23. The van der Waals surface area contributed by atoms with Crippen LogP contribution in [0.4, 0.5) is 5.69 Å². The molecule has 0 saturated carbocycles. The molecule has 0 spiro atoms. The van der Waals surface area contributed by atoms with E-state index in [-0.39, 0.29) is 18.4 Å². The van der Waals surface area contributed by atoms with Crippen LogP contribution in [0.3, 0.4) is 0 Å². The van der Waals surface area contributed by atoms with E-state index in [1.807, 2.05) is 25.1 Å². The molecule has 0 radical (unpaired) electrons. The molecule has 1 aliphatic heterocycles. The lowest BCUT2D eigenvalue weighted by atomic mass is 10.1. The fraction of sp³-hybridized carbons (Fsp3) is 0.500. The van der Waals surface area contributed by atoms with Crippen LogP contribution in [0.2, 0.25) is 0 Å². The lowest BCUT2D eigenvalue weighted by Crippen LogP contribution is -2.43. The molecule has 120 valence electrons. The summed E-state index contributed by atoms with van der Waals surface area (Å²) in [5.74, 6) is -1.35. The second kappa shape index (κ2) is 7.91. The Morgan fingerprint density at radius 1 is 1.41 bits per heavy atom. The molecule has 1 amide bonds. The fourth-order valence-electron chi connectivity index (χ4n) is 2.43. The Hall–Kier alpha value is -1.92. The molecule has 22 heavy (non-hydrogen) atoms. The number of carboxylic acids is 1. The lowest BCUT2D eigenvalue weighted by Gasteiger charge is -2.17. The van der Waals surface area contributed by atoms with E-state index < -0.39 is 12.0 Å². The monoisotopic (exact) mass is 306 g/mol. The Balaban J connectivity index is 1.85. The van der Waals surface area contributed by atoms with Crippen LogP contribution in [0.1, 0.15) is 24.8 Å². The zero-order chi connectivity index (χ0) is 15.9. The Morgan fingerprint density at radius 2 is 2.18 bits per heavy atom. The maximum Gasteiger partial charge on any atom is 0.321 e. The van der Waals surface area contributed by atoms with Crippen LogP contribution in [0, 0.1) is 6.92 Å². The summed E-state index contributed by atoms with van der Waals surface area (Å²) in [5, 5.41) is 14.9. The van der Waals surface area contributed by atoms with Crippen LogP contribution in [0.5, 0.6) is 0 Å². The van der Waals surface area contributed by atoms with Crippen molar-refractivity contribution in [2.75, 3.05) is 18.5 Å². The van der Waals surface area contributed by atoms with E-state index in [9.17, 15) is 14.7 Å². The fourth-order valence-corrected chi connectivity index (χ4v) is 2.43. The number of carboxylic acid groups (broad SMARTS) is 1. The number of nitrogens with one attached hydrogen (secondary N) is 2. The largest absolute Gasteiger partial charge is 0.480 e. The van der Waals surface area contributed by atoms with E-state index in [4.69, 9.17) is 4.74 Å². The zero-order valence-corrected chi connectivity index (χ0v) is 12.7. The molecule has 0 aromatic heterocycles. The number of aliphatic carboxylic acids is 1. The van der Waals surface area contributed by atoms with Crippen LogP contribution in [-0.2, 0) is 14.3 Å². The van der Waals surface area contributed by atoms with Crippen molar-refractivity contribution >= 4 is 17.6 Å². The number of amides is 1. The molecule has 6 heteroatoms. The summed E-state index contributed by atoms with van der Waals surface area (Å²) < 4.78 is 5.44. The molecular weight excluding hydrogens is 284 g/mol. The minimum absolute atomic E-state index is 0.0429. The Labute approximate surface area is 129 Å². The van der Waals surface area contributed by atoms with Crippen LogP contribution < -0.4 is 10.6 Å². The third-order valence-corrected chi connectivity index (χ3v) is 3.72. The van der Waals surface area contributed by atoms with Gasteiger partial charge in [-0.25, -0.2) is 0 Å². The smallest absolute Gasteiger partial charge is 0.321 e. The molecule has 1 aromatic rings. The number of hydrogen-bond acceptors (Lipinski definition) is 4. The summed E-state index contributed by atoms with van der Waals surface area (Å²) in [4.78, 5) is 23.3. The summed E-state index contributed by atoms with van der Waals surface area (Å²) in [7, 11) is 0. The van der Waals surface area contributed by atoms with E-state index in [1.54, 1.807) is 6.07 Å². The first-order chi connectivity index (χ1) is 10.6.